The highest BCUT2D eigenvalue weighted by Gasteiger charge is 2.22. The lowest BCUT2D eigenvalue weighted by atomic mass is 9.95. The topological polar surface area (TPSA) is 101 Å². The van der Waals surface area contributed by atoms with Crippen molar-refractivity contribution in [1.29, 1.82) is 0 Å². The molecule has 0 aliphatic rings. The van der Waals surface area contributed by atoms with E-state index >= 15 is 0 Å². The summed E-state index contributed by atoms with van der Waals surface area (Å²) in [6, 6.07) is 1.35. The zero-order chi connectivity index (χ0) is 15.3. The SMILES string of the molecule is CC(C)CCC(C)(O)CNc1nnc(Cl)cc1C(N)=O. The minimum atomic E-state index is -0.902. The van der Waals surface area contributed by atoms with Crippen LogP contribution in [0.2, 0.25) is 5.15 Å². The first-order chi connectivity index (χ1) is 9.21. The van der Waals surface area contributed by atoms with Crippen LogP contribution in [0.1, 0.15) is 44.0 Å². The highest BCUT2D eigenvalue weighted by atomic mass is 35.5. The van der Waals surface area contributed by atoms with Crippen molar-refractivity contribution in [2.75, 3.05) is 11.9 Å². The van der Waals surface area contributed by atoms with E-state index in [0.717, 1.165) is 6.42 Å². The van der Waals surface area contributed by atoms with E-state index in [-0.39, 0.29) is 23.1 Å². The van der Waals surface area contributed by atoms with Crippen molar-refractivity contribution in [2.24, 2.45) is 11.7 Å². The van der Waals surface area contributed by atoms with Crippen LogP contribution in [0.15, 0.2) is 6.07 Å². The summed E-state index contributed by atoms with van der Waals surface area (Å²) >= 11 is 5.68. The Hall–Kier alpha value is -1.40. The first kappa shape index (κ1) is 16.7. The second-order valence-electron chi connectivity index (χ2n) is 5.58. The molecule has 1 atom stereocenters. The quantitative estimate of drug-likeness (QED) is 0.713. The second-order valence-corrected chi connectivity index (χ2v) is 5.96. The molecule has 1 rings (SSSR count). The molecular weight excluding hydrogens is 280 g/mol. The van der Waals surface area contributed by atoms with Crippen molar-refractivity contribution >= 4 is 23.3 Å². The Balaban J connectivity index is 2.72. The molecule has 0 spiro atoms. The van der Waals surface area contributed by atoms with Crippen LogP contribution in [-0.4, -0.2) is 33.4 Å². The van der Waals surface area contributed by atoms with E-state index in [9.17, 15) is 9.90 Å². The van der Waals surface area contributed by atoms with Gasteiger partial charge in [-0.05, 0) is 31.7 Å². The van der Waals surface area contributed by atoms with Gasteiger partial charge < -0.3 is 16.2 Å². The van der Waals surface area contributed by atoms with Gasteiger partial charge in [-0.25, -0.2) is 0 Å². The van der Waals surface area contributed by atoms with Gasteiger partial charge in [0.1, 0.15) is 0 Å². The number of aromatic nitrogens is 2. The zero-order valence-electron chi connectivity index (χ0n) is 12.0. The van der Waals surface area contributed by atoms with Gasteiger partial charge in [0, 0.05) is 6.54 Å². The summed E-state index contributed by atoms with van der Waals surface area (Å²) in [4.78, 5) is 11.3. The maximum Gasteiger partial charge on any atom is 0.252 e. The molecule has 1 aromatic rings. The maximum absolute atomic E-state index is 11.3. The Morgan fingerprint density at radius 1 is 1.55 bits per heavy atom. The van der Waals surface area contributed by atoms with Gasteiger partial charge >= 0.3 is 0 Å². The number of anilines is 1. The van der Waals surface area contributed by atoms with Gasteiger partial charge in [-0.3, -0.25) is 4.79 Å². The van der Waals surface area contributed by atoms with E-state index in [4.69, 9.17) is 17.3 Å². The largest absolute Gasteiger partial charge is 0.388 e. The predicted octanol–water partition coefficient (Wildman–Crippen LogP) is 1.83. The molecule has 1 unspecified atom stereocenters. The van der Waals surface area contributed by atoms with Crippen molar-refractivity contribution in [1.82, 2.24) is 10.2 Å². The Labute approximate surface area is 123 Å². The van der Waals surface area contributed by atoms with Crippen molar-refractivity contribution in [3.8, 4) is 0 Å². The van der Waals surface area contributed by atoms with Crippen LogP contribution in [-0.2, 0) is 0 Å². The number of aliphatic hydroxyl groups is 1. The number of hydrogen-bond acceptors (Lipinski definition) is 5. The monoisotopic (exact) mass is 300 g/mol. The van der Waals surface area contributed by atoms with Crippen LogP contribution in [0.4, 0.5) is 5.82 Å². The summed E-state index contributed by atoms with van der Waals surface area (Å²) in [5.74, 6) is 0.0934. The van der Waals surface area contributed by atoms with Gasteiger partial charge in [-0.15, -0.1) is 10.2 Å². The number of nitrogens with one attached hydrogen (secondary N) is 1. The minimum Gasteiger partial charge on any atom is -0.388 e. The number of primary amides is 1. The molecule has 0 aliphatic carbocycles. The van der Waals surface area contributed by atoms with Crippen LogP contribution < -0.4 is 11.1 Å². The molecular formula is C13H21ClN4O2. The maximum atomic E-state index is 11.3. The van der Waals surface area contributed by atoms with E-state index in [1.54, 1.807) is 6.92 Å². The lowest BCUT2D eigenvalue weighted by Crippen LogP contribution is -2.34. The zero-order valence-corrected chi connectivity index (χ0v) is 12.7. The molecule has 7 heteroatoms. The summed E-state index contributed by atoms with van der Waals surface area (Å²) in [6.45, 7) is 6.17. The van der Waals surface area contributed by atoms with Crippen LogP contribution in [0.3, 0.4) is 0 Å². The van der Waals surface area contributed by atoms with Crippen molar-refractivity contribution in [3.63, 3.8) is 0 Å². The number of carbonyl (C=O) groups excluding carboxylic acids is 1. The molecule has 0 radical (unpaired) electrons. The molecule has 112 valence electrons. The van der Waals surface area contributed by atoms with E-state index in [1.807, 2.05) is 0 Å². The average molecular weight is 301 g/mol. The molecule has 0 saturated carbocycles. The summed E-state index contributed by atoms with van der Waals surface area (Å²) < 4.78 is 0. The van der Waals surface area contributed by atoms with Crippen molar-refractivity contribution in [2.45, 2.75) is 39.2 Å². The van der Waals surface area contributed by atoms with E-state index in [2.05, 4.69) is 29.4 Å². The second kappa shape index (κ2) is 6.85. The fourth-order valence-corrected chi connectivity index (χ4v) is 1.80. The van der Waals surface area contributed by atoms with Crippen LogP contribution in [0.25, 0.3) is 0 Å². The number of carbonyl (C=O) groups is 1. The van der Waals surface area contributed by atoms with E-state index in [1.165, 1.54) is 6.07 Å². The molecule has 0 bridgehead atoms. The van der Waals surface area contributed by atoms with Crippen LogP contribution in [0.5, 0.6) is 0 Å². The Morgan fingerprint density at radius 2 is 2.20 bits per heavy atom. The van der Waals surface area contributed by atoms with Crippen LogP contribution >= 0.6 is 11.6 Å². The smallest absolute Gasteiger partial charge is 0.252 e. The van der Waals surface area contributed by atoms with E-state index in [0.29, 0.717) is 12.3 Å². The normalized spacial score (nSPS) is 14.1. The Bertz CT molecular complexity index is 477. The Kier molecular flexibility index (Phi) is 5.71. The van der Waals surface area contributed by atoms with E-state index < -0.39 is 11.5 Å². The molecule has 6 nitrogen and oxygen atoms in total. The average Bonchev–Trinajstić information content (AvgIpc) is 2.35. The van der Waals surface area contributed by atoms with Gasteiger partial charge in [0.05, 0.1) is 11.2 Å². The summed E-state index contributed by atoms with van der Waals surface area (Å²) in [5.41, 5.74) is 4.51. The third kappa shape index (κ3) is 5.30. The van der Waals surface area contributed by atoms with Crippen molar-refractivity contribution < 1.29 is 9.90 Å². The number of rotatable bonds is 7. The molecule has 1 heterocycles. The molecule has 0 aromatic carbocycles. The van der Waals surface area contributed by atoms with Gasteiger partial charge in [0.2, 0.25) is 0 Å². The lowest BCUT2D eigenvalue weighted by molar-refractivity contribution is 0.0584. The van der Waals surface area contributed by atoms with Crippen LogP contribution in [0, 0.1) is 5.92 Å². The number of hydrogen-bond donors (Lipinski definition) is 3. The first-order valence-corrected chi connectivity index (χ1v) is 6.88. The molecule has 1 aromatic heterocycles. The predicted molar refractivity (Wildman–Crippen MR) is 78.7 cm³/mol. The molecule has 4 N–H and O–H groups in total. The lowest BCUT2D eigenvalue weighted by Gasteiger charge is -2.25. The summed E-state index contributed by atoms with van der Waals surface area (Å²) in [5, 5.41) is 20.7. The highest BCUT2D eigenvalue weighted by molar-refractivity contribution is 6.29. The molecule has 1 amide bonds. The number of halogens is 1. The fourth-order valence-electron chi connectivity index (χ4n) is 1.65. The Morgan fingerprint density at radius 3 is 2.75 bits per heavy atom. The summed E-state index contributed by atoms with van der Waals surface area (Å²) in [7, 11) is 0. The number of nitrogens with zero attached hydrogens (tertiary/aromatic N) is 2. The van der Waals surface area contributed by atoms with Gasteiger partial charge in [-0.1, -0.05) is 25.4 Å². The number of amides is 1. The first-order valence-electron chi connectivity index (χ1n) is 6.50. The standard InChI is InChI=1S/C13H21ClN4O2/c1-8(2)4-5-13(3,20)7-16-12-9(11(15)19)6-10(14)17-18-12/h6,8,20H,4-5,7H2,1-3H3,(H2,15,19)(H,16,18). The third-order valence-electron chi connectivity index (χ3n) is 2.93. The third-order valence-corrected chi connectivity index (χ3v) is 3.11. The molecule has 0 aliphatic heterocycles. The van der Waals surface area contributed by atoms with Gasteiger partial charge in [0.25, 0.3) is 5.91 Å². The van der Waals surface area contributed by atoms with Gasteiger partial charge in [0.15, 0.2) is 11.0 Å². The highest BCUT2D eigenvalue weighted by Crippen LogP contribution is 2.19. The summed E-state index contributed by atoms with van der Waals surface area (Å²) in [6.07, 6.45) is 1.55. The molecule has 0 fully saturated rings. The minimum absolute atomic E-state index is 0.0934. The fraction of sp³-hybridized carbons (Fsp3) is 0.615. The number of nitrogens with two attached hydrogens (primary N) is 1. The van der Waals surface area contributed by atoms with Gasteiger partial charge in [-0.2, -0.15) is 0 Å². The molecule has 20 heavy (non-hydrogen) atoms. The molecule has 0 saturated heterocycles. The van der Waals surface area contributed by atoms with Crippen molar-refractivity contribution in [3.05, 3.63) is 16.8 Å².